The summed E-state index contributed by atoms with van der Waals surface area (Å²) in [6.45, 7) is 3.86. The number of carbonyl (C=O) groups excluding carboxylic acids is 1. The first-order valence-electron chi connectivity index (χ1n) is 11.9. The molecule has 1 aliphatic carbocycles. The lowest BCUT2D eigenvalue weighted by Gasteiger charge is -2.41. The van der Waals surface area contributed by atoms with Gasteiger partial charge < -0.3 is 19.5 Å². The minimum Gasteiger partial charge on any atom is -0.486 e. The number of hydrogen-bond acceptors (Lipinski definition) is 6. The fourth-order valence-corrected chi connectivity index (χ4v) is 4.79. The van der Waals surface area contributed by atoms with Gasteiger partial charge in [0.2, 0.25) is 0 Å². The van der Waals surface area contributed by atoms with E-state index in [1.54, 1.807) is 13.0 Å². The Bertz CT molecular complexity index is 1130. The van der Waals surface area contributed by atoms with Gasteiger partial charge in [-0.05, 0) is 87.6 Å². The summed E-state index contributed by atoms with van der Waals surface area (Å²) in [6, 6.07) is 11.2. The van der Waals surface area contributed by atoms with E-state index in [1.165, 1.54) is 6.42 Å². The molecule has 1 aliphatic heterocycles. The minimum atomic E-state index is -0.411. The third-order valence-electron chi connectivity index (χ3n) is 6.23. The minimum absolute atomic E-state index is 0.157. The summed E-state index contributed by atoms with van der Waals surface area (Å²) in [5.41, 5.74) is 6.14. The van der Waals surface area contributed by atoms with Crippen LogP contribution in [0.1, 0.15) is 56.6 Å². The Hall–Kier alpha value is -2.84. The summed E-state index contributed by atoms with van der Waals surface area (Å²) in [7, 11) is 0. The number of nitrogens with one attached hydrogen (secondary N) is 2. The average Bonchev–Trinajstić information content (AvgIpc) is 2.84. The topological polar surface area (TPSA) is 81.2 Å². The molecule has 9 heteroatoms. The van der Waals surface area contributed by atoms with Crippen molar-refractivity contribution < 1.29 is 19.0 Å². The fourth-order valence-electron chi connectivity index (χ4n) is 4.45. The van der Waals surface area contributed by atoms with Crippen molar-refractivity contribution in [2.45, 2.75) is 58.0 Å². The molecule has 0 saturated heterocycles. The largest absolute Gasteiger partial charge is 0.486 e. The van der Waals surface area contributed by atoms with E-state index in [4.69, 9.17) is 38.0 Å². The van der Waals surface area contributed by atoms with E-state index in [-0.39, 0.29) is 12.2 Å². The molecular weight excluding hydrogens is 486 g/mol. The third kappa shape index (κ3) is 6.44. The highest BCUT2D eigenvalue weighted by molar-refractivity contribution is 7.80. The second kappa shape index (κ2) is 11.3. The van der Waals surface area contributed by atoms with Crippen LogP contribution in [0.5, 0.6) is 11.5 Å². The monoisotopic (exact) mass is 515 g/mol. The van der Waals surface area contributed by atoms with E-state index in [0.717, 1.165) is 54.0 Å². The Labute approximate surface area is 216 Å². The zero-order valence-corrected chi connectivity index (χ0v) is 21.6. The molecule has 2 aromatic carbocycles. The van der Waals surface area contributed by atoms with Crippen molar-refractivity contribution in [3.63, 3.8) is 0 Å². The van der Waals surface area contributed by atoms with Crippen LogP contribution in [0.25, 0.3) is 0 Å². The Kier molecular flexibility index (Phi) is 8.13. The van der Waals surface area contributed by atoms with E-state index in [2.05, 4.69) is 15.8 Å². The van der Waals surface area contributed by atoms with Crippen molar-refractivity contribution in [1.82, 2.24) is 5.43 Å². The molecule has 35 heavy (non-hydrogen) atoms. The summed E-state index contributed by atoms with van der Waals surface area (Å²) in [4.78, 5) is 11.7. The zero-order chi connectivity index (χ0) is 24.8. The van der Waals surface area contributed by atoms with Gasteiger partial charge in [-0.3, -0.25) is 5.43 Å². The van der Waals surface area contributed by atoms with Crippen molar-refractivity contribution in [3.8, 4) is 11.5 Å². The van der Waals surface area contributed by atoms with Crippen molar-refractivity contribution in [1.29, 1.82) is 0 Å². The molecule has 1 heterocycles. The summed E-state index contributed by atoms with van der Waals surface area (Å²) in [6.07, 6.45) is 6.11. The van der Waals surface area contributed by atoms with Gasteiger partial charge in [0.25, 0.3) is 0 Å². The van der Waals surface area contributed by atoms with Gasteiger partial charge in [-0.2, -0.15) is 5.10 Å². The fraction of sp³-hybridized carbons (Fsp3) is 0.423. The lowest BCUT2D eigenvalue weighted by atomic mass is 9.78. The summed E-state index contributed by atoms with van der Waals surface area (Å²) in [5, 5.41) is 8.82. The molecule has 2 aliphatic rings. The smallest absolute Gasteiger partial charge is 0.344 e. The molecule has 2 N–H and O–H groups in total. The number of hydrazone groups is 1. The number of fused-ring (bicyclic) bond motifs is 1. The first-order valence-corrected chi connectivity index (χ1v) is 12.7. The van der Waals surface area contributed by atoms with Crippen LogP contribution in [0.2, 0.25) is 5.02 Å². The SMILES string of the molecule is CCOC(=O)COc1ccc2c(c1)C(=NNC(=S)Nc1ccc(C)c(Cl)c1)CC1(CCCCC1)O2. The highest BCUT2D eigenvalue weighted by atomic mass is 35.5. The average molecular weight is 516 g/mol. The quantitative estimate of drug-likeness (QED) is 0.287. The van der Waals surface area contributed by atoms with Crippen LogP contribution < -0.4 is 20.2 Å². The van der Waals surface area contributed by atoms with Gasteiger partial charge in [0.15, 0.2) is 11.7 Å². The van der Waals surface area contributed by atoms with Gasteiger partial charge in [-0.1, -0.05) is 24.1 Å². The van der Waals surface area contributed by atoms with Crippen LogP contribution in [-0.4, -0.2) is 35.6 Å². The van der Waals surface area contributed by atoms with Crippen LogP contribution in [0.3, 0.4) is 0 Å². The second-order valence-electron chi connectivity index (χ2n) is 8.86. The van der Waals surface area contributed by atoms with Gasteiger partial charge in [0.05, 0.1) is 12.3 Å². The van der Waals surface area contributed by atoms with Crippen LogP contribution in [0.15, 0.2) is 41.5 Å². The van der Waals surface area contributed by atoms with Gasteiger partial charge in [0.1, 0.15) is 17.1 Å². The van der Waals surface area contributed by atoms with E-state index in [0.29, 0.717) is 28.9 Å². The van der Waals surface area contributed by atoms with Gasteiger partial charge >= 0.3 is 5.97 Å². The van der Waals surface area contributed by atoms with Crippen LogP contribution in [-0.2, 0) is 9.53 Å². The number of halogens is 1. The predicted octanol–water partition coefficient (Wildman–Crippen LogP) is 5.77. The zero-order valence-electron chi connectivity index (χ0n) is 20.0. The van der Waals surface area contributed by atoms with Crippen molar-refractivity contribution >= 4 is 46.3 Å². The Balaban J connectivity index is 1.54. The molecule has 4 rings (SSSR count). The molecule has 0 atom stereocenters. The van der Waals surface area contributed by atoms with Gasteiger partial charge in [-0.15, -0.1) is 0 Å². The molecule has 0 bridgehead atoms. The number of esters is 1. The Morgan fingerprint density at radius 3 is 2.74 bits per heavy atom. The number of nitrogens with zero attached hydrogens (tertiary/aromatic N) is 1. The lowest BCUT2D eigenvalue weighted by Crippen LogP contribution is -2.44. The molecule has 186 valence electrons. The number of hydrogen-bond donors (Lipinski definition) is 2. The normalized spacial score (nSPS) is 17.3. The summed E-state index contributed by atoms with van der Waals surface area (Å²) in [5.74, 6) is 0.889. The molecular formula is C26H30ClN3O4S. The lowest BCUT2D eigenvalue weighted by molar-refractivity contribution is -0.145. The molecule has 1 fully saturated rings. The maximum atomic E-state index is 11.7. The van der Waals surface area contributed by atoms with E-state index in [1.807, 2.05) is 37.3 Å². The number of carbonyl (C=O) groups is 1. The van der Waals surface area contributed by atoms with Gasteiger partial charge in [0, 0.05) is 22.7 Å². The summed E-state index contributed by atoms with van der Waals surface area (Å²) >= 11 is 11.7. The standard InChI is InChI=1S/C26H30ClN3O4S/c1-3-32-24(31)16-33-19-9-10-23-20(14-19)22(15-26(34-23)11-5-4-6-12-26)29-30-25(35)28-18-8-7-17(2)21(27)13-18/h7-10,13-14H,3-6,11-12,15-16H2,1-2H3,(H2,28,30,35). The summed E-state index contributed by atoms with van der Waals surface area (Å²) < 4.78 is 17.1. The van der Waals surface area contributed by atoms with E-state index in [9.17, 15) is 4.79 Å². The van der Waals surface area contributed by atoms with Crippen LogP contribution >= 0.6 is 23.8 Å². The van der Waals surface area contributed by atoms with E-state index < -0.39 is 5.97 Å². The molecule has 0 amide bonds. The molecule has 2 aromatic rings. The molecule has 1 saturated carbocycles. The number of aryl methyl sites for hydroxylation is 1. The van der Waals surface area contributed by atoms with Gasteiger partial charge in [-0.25, -0.2) is 4.79 Å². The van der Waals surface area contributed by atoms with Crippen molar-refractivity contribution in [2.75, 3.05) is 18.5 Å². The Morgan fingerprint density at radius 2 is 2.00 bits per heavy atom. The number of thiocarbonyl (C=S) groups is 1. The molecule has 0 radical (unpaired) electrons. The predicted molar refractivity (Wildman–Crippen MR) is 142 cm³/mol. The Morgan fingerprint density at radius 1 is 1.20 bits per heavy atom. The number of benzene rings is 2. The first-order chi connectivity index (χ1) is 16.9. The van der Waals surface area contributed by atoms with Crippen LogP contribution in [0, 0.1) is 6.92 Å². The number of ether oxygens (including phenoxy) is 3. The molecule has 0 unspecified atom stereocenters. The first kappa shape index (κ1) is 25.3. The number of rotatable bonds is 6. The highest BCUT2D eigenvalue weighted by Crippen LogP contribution is 2.43. The maximum absolute atomic E-state index is 11.7. The number of anilines is 1. The molecule has 7 nitrogen and oxygen atoms in total. The van der Waals surface area contributed by atoms with Crippen LogP contribution in [0.4, 0.5) is 5.69 Å². The molecule has 1 spiro atoms. The highest BCUT2D eigenvalue weighted by Gasteiger charge is 2.40. The maximum Gasteiger partial charge on any atom is 0.344 e. The van der Waals surface area contributed by atoms with Crippen molar-refractivity contribution in [2.24, 2.45) is 5.10 Å². The van der Waals surface area contributed by atoms with Crippen molar-refractivity contribution in [3.05, 3.63) is 52.5 Å². The molecule has 0 aromatic heterocycles. The third-order valence-corrected chi connectivity index (χ3v) is 6.83. The van der Waals surface area contributed by atoms with E-state index >= 15 is 0 Å². The second-order valence-corrected chi connectivity index (χ2v) is 9.68.